The first-order chi connectivity index (χ1) is 11.7. The first-order valence-corrected chi connectivity index (χ1v) is 9.55. The lowest BCUT2D eigenvalue weighted by Gasteiger charge is -2.24. The van der Waals surface area contributed by atoms with E-state index in [2.05, 4.69) is 27.4 Å². The third-order valence-electron chi connectivity index (χ3n) is 4.69. The lowest BCUT2D eigenvalue weighted by molar-refractivity contribution is -0.127. The minimum atomic E-state index is 0. The summed E-state index contributed by atoms with van der Waals surface area (Å²) in [6, 6.07) is 0. The molecule has 0 aromatic rings. The number of nitrogens with zero attached hydrogens (tertiary/aromatic N) is 2. The SMILES string of the molecule is CCNC(=NCCCNC(=O)C1CCC1)N(C)CCOCC1CC1.I. The second-order valence-electron chi connectivity index (χ2n) is 6.95. The number of amides is 1. The highest BCUT2D eigenvalue weighted by Crippen LogP contribution is 2.28. The van der Waals surface area contributed by atoms with E-state index in [0.29, 0.717) is 6.54 Å². The van der Waals surface area contributed by atoms with E-state index in [9.17, 15) is 4.79 Å². The molecule has 2 aliphatic rings. The van der Waals surface area contributed by atoms with Crippen LogP contribution in [0.1, 0.15) is 45.4 Å². The molecule has 2 rings (SSSR count). The monoisotopic (exact) mass is 466 g/mol. The smallest absolute Gasteiger partial charge is 0.223 e. The molecule has 0 aromatic heterocycles. The van der Waals surface area contributed by atoms with Gasteiger partial charge >= 0.3 is 0 Å². The molecule has 0 aromatic carbocycles. The zero-order valence-electron chi connectivity index (χ0n) is 15.8. The molecule has 0 saturated heterocycles. The quantitative estimate of drug-likeness (QED) is 0.212. The van der Waals surface area contributed by atoms with Crippen LogP contribution in [-0.4, -0.2) is 63.2 Å². The van der Waals surface area contributed by atoms with Gasteiger partial charge in [-0.25, -0.2) is 0 Å². The molecule has 0 unspecified atom stereocenters. The predicted octanol–water partition coefficient (Wildman–Crippen LogP) is 2.23. The third kappa shape index (κ3) is 9.08. The van der Waals surface area contributed by atoms with Gasteiger partial charge in [-0.1, -0.05) is 6.42 Å². The van der Waals surface area contributed by atoms with Gasteiger partial charge in [0.05, 0.1) is 6.61 Å². The summed E-state index contributed by atoms with van der Waals surface area (Å²) >= 11 is 0. The highest BCUT2D eigenvalue weighted by atomic mass is 127. The summed E-state index contributed by atoms with van der Waals surface area (Å²) in [7, 11) is 2.04. The van der Waals surface area contributed by atoms with Crippen LogP contribution in [0.4, 0.5) is 0 Å². The van der Waals surface area contributed by atoms with Crippen molar-refractivity contribution in [3.63, 3.8) is 0 Å². The molecule has 0 radical (unpaired) electrons. The van der Waals surface area contributed by atoms with E-state index in [1.165, 1.54) is 19.3 Å². The summed E-state index contributed by atoms with van der Waals surface area (Å²) in [5, 5.41) is 6.33. The number of nitrogens with one attached hydrogen (secondary N) is 2. The standard InChI is InChI=1S/C18H34N4O2.HI/c1-3-19-18(22(2)12-13-24-14-15-8-9-15)21-11-5-10-20-17(23)16-6-4-7-16;/h15-16H,3-14H2,1-2H3,(H,19,21)(H,20,23);1H. The Morgan fingerprint density at radius 1 is 1.24 bits per heavy atom. The van der Waals surface area contributed by atoms with E-state index in [-0.39, 0.29) is 35.8 Å². The lowest BCUT2D eigenvalue weighted by Crippen LogP contribution is -2.41. The molecule has 25 heavy (non-hydrogen) atoms. The van der Waals surface area contributed by atoms with Gasteiger partial charge < -0.3 is 20.3 Å². The molecule has 0 heterocycles. The van der Waals surface area contributed by atoms with Gasteiger partial charge in [0.2, 0.25) is 5.91 Å². The maximum Gasteiger partial charge on any atom is 0.223 e. The molecule has 1 amide bonds. The van der Waals surface area contributed by atoms with Crippen LogP contribution < -0.4 is 10.6 Å². The highest BCUT2D eigenvalue weighted by molar-refractivity contribution is 14.0. The molecule has 0 spiro atoms. The van der Waals surface area contributed by atoms with Crippen molar-refractivity contribution < 1.29 is 9.53 Å². The van der Waals surface area contributed by atoms with Gasteiger partial charge in [0.1, 0.15) is 0 Å². The van der Waals surface area contributed by atoms with Crippen molar-refractivity contribution in [3.05, 3.63) is 0 Å². The molecule has 2 N–H and O–H groups in total. The van der Waals surface area contributed by atoms with Crippen LogP contribution in [0.3, 0.4) is 0 Å². The third-order valence-corrected chi connectivity index (χ3v) is 4.69. The molecule has 146 valence electrons. The van der Waals surface area contributed by atoms with Crippen LogP contribution in [0.5, 0.6) is 0 Å². The minimum absolute atomic E-state index is 0. The van der Waals surface area contributed by atoms with Crippen molar-refractivity contribution in [1.82, 2.24) is 15.5 Å². The Morgan fingerprint density at radius 2 is 2.00 bits per heavy atom. The molecule has 0 bridgehead atoms. The van der Waals surface area contributed by atoms with Crippen molar-refractivity contribution >= 4 is 35.8 Å². The number of carbonyl (C=O) groups is 1. The van der Waals surface area contributed by atoms with Gasteiger partial charge in [0.15, 0.2) is 5.96 Å². The van der Waals surface area contributed by atoms with Crippen LogP contribution in [-0.2, 0) is 9.53 Å². The molecular formula is C18H35IN4O2. The number of halogens is 1. The molecule has 7 heteroatoms. The van der Waals surface area contributed by atoms with Gasteiger partial charge in [-0.2, -0.15) is 0 Å². The maximum atomic E-state index is 11.8. The Hall–Kier alpha value is -0.570. The second-order valence-corrected chi connectivity index (χ2v) is 6.95. The molecule has 0 aliphatic heterocycles. The van der Waals surface area contributed by atoms with Crippen LogP contribution in [0.2, 0.25) is 0 Å². The number of likely N-dealkylation sites (N-methyl/N-ethyl adjacent to an activating group) is 1. The Morgan fingerprint density at radius 3 is 2.60 bits per heavy atom. The Bertz CT molecular complexity index is 412. The summed E-state index contributed by atoms with van der Waals surface area (Å²) in [5.41, 5.74) is 0. The molecule has 2 aliphatic carbocycles. The summed E-state index contributed by atoms with van der Waals surface area (Å²) in [6.07, 6.45) is 6.85. The largest absolute Gasteiger partial charge is 0.379 e. The molecule has 6 nitrogen and oxygen atoms in total. The number of carbonyl (C=O) groups excluding carboxylic acids is 1. The normalized spacial score (nSPS) is 17.4. The van der Waals surface area contributed by atoms with Gasteiger partial charge in [0, 0.05) is 45.8 Å². The average Bonchev–Trinajstić information content (AvgIpc) is 3.32. The van der Waals surface area contributed by atoms with Crippen LogP contribution in [0.25, 0.3) is 0 Å². The number of hydrogen-bond acceptors (Lipinski definition) is 3. The van der Waals surface area contributed by atoms with E-state index in [1.807, 2.05) is 7.05 Å². The van der Waals surface area contributed by atoms with E-state index < -0.39 is 0 Å². The van der Waals surface area contributed by atoms with Crippen molar-refractivity contribution in [3.8, 4) is 0 Å². The Kier molecular flexibility index (Phi) is 11.4. The minimum Gasteiger partial charge on any atom is -0.379 e. The number of ether oxygens (including phenoxy) is 1. The first-order valence-electron chi connectivity index (χ1n) is 9.55. The molecular weight excluding hydrogens is 431 g/mol. The first kappa shape index (κ1) is 22.5. The van der Waals surface area contributed by atoms with Crippen LogP contribution >= 0.6 is 24.0 Å². The van der Waals surface area contributed by atoms with Gasteiger partial charge in [-0.3, -0.25) is 9.79 Å². The molecule has 2 saturated carbocycles. The second kappa shape index (κ2) is 12.7. The highest BCUT2D eigenvalue weighted by Gasteiger charge is 2.24. The number of hydrogen-bond donors (Lipinski definition) is 2. The summed E-state index contributed by atoms with van der Waals surface area (Å²) in [6.45, 7) is 6.86. The topological polar surface area (TPSA) is 66.0 Å². The summed E-state index contributed by atoms with van der Waals surface area (Å²) < 4.78 is 5.69. The van der Waals surface area contributed by atoms with Gasteiger partial charge in [-0.05, 0) is 44.9 Å². The zero-order chi connectivity index (χ0) is 17.2. The average molecular weight is 466 g/mol. The van der Waals surface area contributed by atoms with Crippen molar-refractivity contribution in [1.29, 1.82) is 0 Å². The fourth-order valence-corrected chi connectivity index (χ4v) is 2.60. The predicted molar refractivity (Wildman–Crippen MR) is 113 cm³/mol. The van der Waals surface area contributed by atoms with Crippen LogP contribution in [0.15, 0.2) is 4.99 Å². The number of aliphatic imine (C=N–C) groups is 1. The van der Waals surface area contributed by atoms with Crippen molar-refractivity contribution in [2.75, 3.05) is 46.4 Å². The van der Waals surface area contributed by atoms with E-state index >= 15 is 0 Å². The molecule has 0 atom stereocenters. The van der Waals surface area contributed by atoms with Crippen molar-refractivity contribution in [2.24, 2.45) is 16.8 Å². The van der Waals surface area contributed by atoms with Crippen molar-refractivity contribution in [2.45, 2.75) is 45.4 Å². The Labute approximate surface area is 169 Å². The summed E-state index contributed by atoms with van der Waals surface area (Å²) in [5.74, 6) is 2.22. The van der Waals surface area contributed by atoms with Crippen LogP contribution in [0, 0.1) is 11.8 Å². The van der Waals surface area contributed by atoms with Gasteiger partial charge in [-0.15, -0.1) is 24.0 Å². The zero-order valence-corrected chi connectivity index (χ0v) is 18.1. The fraction of sp³-hybridized carbons (Fsp3) is 0.889. The Balaban J connectivity index is 0.00000312. The number of guanidine groups is 1. The van der Waals surface area contributed by atoms with E-state index in [0.717, 1.165) is 64.0 Å². The lowest BCUT2D eigenvalue weighted by atomic mass is 9.85. The van der Waals surface area contributed by atoms with Gasteiger partial charge in [0.25, 0.3) is 0 Å². The molecule has 2 fully saturated rings. The van der Waals surface area contributed by atoms with E-state index in [1.54, 1.807) is 0 Å². The summed E-state index contributed by atoms with van der Waals surface area (Å²) in [4.78, 5) is 18.5. The fourth-order valence-electron chi connectivity index (χ4n) is 2.60. The van der Waals surface area contributed by atoms with E-state index in [4.69, 9.17) is 4.74 Å². The maximum absolute atomic E-state index is 11.8. The number of rotatable bonds is 11.